The Balaban J connectivity index is 1.74. The second kappa shape index (κ2) is 7.19. The van der Waals surface area contributed by atoms with Crippen LogP contribution in [-0.2, 0) is 17.6 Å². The molecule has 1 aliphatic heterocycles. The van der Waals surface area contributed by atoms with Gasteiger partial charge in [-0.05, 0) is 56.9 Å². The summed E-state index contributed by atoms with van der Waals surface area (Å²) in [5.41, 5.74) is 3.52. The van der Waals surface area contributed by atoms with Crippen LogP contribution in [0.1, 0.15) is 47.9 Å². The van der Waals surface area contributed by atoms with Crippen molar-refractivity contribution in [2.24, 2.45) is 0 Å². The zero-order valence-electron chi connectivity index (χ0n) is 15.1. The van der Waals surface area contributed by atoms with Crippen LogP contribution in [0.4, 0.5) is 4.39 Å². The van der Waals surface area contributed by atoms with Gasteiger partial charge in [-0.25, -0.2) is 9.07 Å². The molecular weight excluding hydrogens is 333 g/mol. The summed E-state index contributed by atoms with van der Waals surface area (Å²) < 4.78 is 20.7. The molecule has 2 heterocycles. The van der Waals surface area contributed by atoms with E-state index in [9.17, 15) is 9.18 Å². The van der Waals surface area contributed by atoms with Crippen LogP contribution in [0.15, 0.2) is 24.3 Å². The summed E-state index contributed by atoms with van der Waals surface area (Å²) in [6.45, 7) is 3.74. The average Bonchev–Trinajstić information content (AvgIpc) is 2.83. The van der Waals surface area contributed by atoms with Crippen LogP contribution in [0.3, 0.4) is 0 Å². The van der Waals surface area contributed by atoms with Gasteiger partial charge in [0, 0.05) is 24.3 Å². The third-order valence-corrected chi connectivity index (χ3v) is 5.23. The van der Waals surface area contributed by atoms with Crippen LogP contribution in [-0.4, -0.2) is 46.4 Å². The molecule has 6 heteroatoms. The van der Waals surface area contributed by atoms with Crippen molar-refractivity contribution in [3.63, 3.8) is 0 Å². The van der Waals surface area contributed by atoms with Gasteiger partial charge in [0.2, 0.25) is 0 Å². The first-order valence-corrected chi connectivity index (χ1v) is 9.41. The zero-order chi connectivity index (χ0) is 18.1. The molecule has 0 N–H and O–H groups in total. The van der Waals surface area contributed by atoms with Gasteiger partial charge in [-0.1, -0.05) is 6.42 Å². The molecule has 0 unspecified atom stereocenters. The molecule has 26 heavy (non-hydrogen) atoms. The Hall–Kier alpha value is -2.21. The summed E-state index contributed by atoms with van der Waals surface area (Å²) in [7, 11) is 0. The van der Waals surface area contributed by atoms with Crippen molar-refractivity contribution >= 4 is 5.91 Å². The Morgan fingerprint density at radius 1 is 1.19 bits per heavy atom. The topological polar surface area (TPSA) is 47.4 Å². The van der Waals surface area contributed by atoms with E-state index >= 15 is 0 Å². The highest BCUT2D eigenvalue weighted by Gasteiger charge is 2.30. The Labute approximate surface area is 152 Å². The minimum absolute atomic E-state index is 0.0147. The average molecular weight is 357 g/mol. The number of fused-ring (bicyclic) bond motifs is 1. The van der Waals surface area contributed by atoms with Crippen molar-refractivity contribution in [1.82, 2.24) is 14.7 Å². The highest BCUT2D eigenvalue weighted by Crippen LogP contribution is 2.27. The Morgan fingerprint density at radius 2 is 1.96 bits per heavy atom. The van der Waals surface area contributed by atoms with E-state index in [1.165, 1.54) is 12.1 Å². The molecule has 1 aromatic carbocycles. The number of benzene rings is 1. The molecule has 1 fully saturated rings. The lowest BCUT2D eigenvalue weighted by molar-refractivity contribution is -0.0126. The van der Waals surface area contributed by atoms with E-state index < -0.39 is 0 Å². The fourth-order valence-electron chi connectivity index (χ4n) is 3.90. The molecule has 1 aromatic heterocycles. The predicted molar refractivity (Wildman–Crippen MR) is 96.1 cm³/mol. The summed E-state index contributed by atoms with van der Waals surface area (Å²) in [5, 5.41) is 4.70. The number of hydrogen-bond acceptors (Lipinski definition) is 3. The number of amides is 1. The van der Waals surface area contributed by atoms with Crippen LogP contribution < -0.4 is 0 Å². The first kappa shape index (κ1) is 17.2. The molecule has 4 rings (SSSR count). The van der Waals surface area contributed by atoms with Crippen LogP contribution in [0.2, 0.25) is 0 Å². The molecule has 138 valence electrons. The number of carbonyl (C=O) groups is 1. The van der Waals surface area contributed by atoms with E-state index in [1.54, 1.807) is 12.1 Å². The number of nitrogens with zero attached hydrogens (tertiary/aromatic N) is 3. The third-order valence-electron chi connectivity index (χ3n) is 5.23. The normalized spacial score (nSPS) is 20.5. The van der Waals surface area contributed by atoms with Gasteiger partial charge >= 0.3 is 0 Å². The van der Waals surface area contributed by atoms with E-state index in [2.05, 4.69) is 0 Å². The third kappa shape index (κ3) is 3.26. The standard InChI is InChI=1S/C20H24FN3O2/c1-14-13-23(11-12-26-14)20(25)19-17-5-3-2-4-6-18(17)24(22-19)16-9-7-15(21)8-10-16/h7-10,14H,2-6,11-13H2,1H3/t14-/m0/s1. The summed E-state index contributed by atoms with van der Waals surface area (Å²) in [4.78, 5) is 15.0. The van der Waals surface area contributed by atoms with Gasteiger partial charge in [0.05, 0.1) is 18.4 Å². The van der Waals surface area contributed by atoms with Crippen LogP contribution in [0.25, 0.3) is 5.69 Å². The smallest absolute Gasteiger partial charge is 0.274 e. The van der Waals surface area contributed by atoms with Gasteiger partial charge in [0.25, 0.3) is 5.91 Å². The van der Waals surface area contributed by atoms with Gasteiger partial charge in [-0.15, -0.1) is 0 Å². The largest absolute Gasteiger partial charge is 0.375 e. The quantitative estimate of drug-likeness (QED) is 0.776. The molecule has 0 spiro atoms. The summed E-state index contributed by atoms with van der Waals surface area (Å²) in [5.74, 6) is -0.287. The second-order valence-electron chi connectivity index (χ2n) is 7.16. The van der Waals surface area contributed by atoms with Crippen molar-refractivity contribution in [2.45, 2.75) is 45.1 Å². The number of halogens is 1. The minimum Gasteiger partial charge on any atom is -0.375 e. The second-order valence-corrected chi connectivity index (χ2v) is 7.16. The van der Waals surface area contributed by atoms with E-state index in [4.69, 9.17) is 9.84 Å². The number of ether oxygens (including phenoxy) is 1. The lowest BCUT2D eigenvalue weighted by Gasteiger charge is -2.30. The van der Waals surface area contributed by atoms with Crippen LogP contribution in [0, 0.1) is 5.82 Å². The molecule has 2 aromatic rings. The van der Waals surface area contributed by atoms with Gasteiger partial charge in [0.15, 0.2) is 5.69 Å². The van der Waals surface area contributed by atoms with Gasteiger partial charge < -0.3 is 9.64 Å². The van der Waals surface area contributed by atoms with E-state index in [1.807, 2.05) is 16.5 Å². The van der Waals surface area contributed by atoms with E-state index in [-0.39, 0.29) is 17.8 Å². The lowest BCUT2D eigenvalue weighted by atomic mass is 10.1. The SMILES string of the molecule is C[C@H]1CN(C(=O)c2nn(-c3ccc(F)cc3)c3c2CCCCC3)CCO1. The molecule has 1 atom stereocenters. The summed E-state index contributed by atoms with van der Waals surface area (Å²) >= 11 is 0. The maximum atomic E-state index is 13.3. The highest BCUT2D eigenvalue weighted by molar-refractivity contribution is 5.94. The highest BCUT2D eigenvalue weighted by atomic mass is 19.1. The maximum Gasteiger partial charge on any atom is 0.274 e. The van der Waals surface area contributed by atoms with Crippen LogP contribution in [0.5, 0.6) is 0 Å². The lowest BCUT2D eigenvalue weighted by Crippen LogP contribution is -2.44. The minimum atomic E-state index is -0.273. The molecule has 1 aliphatic carbocycles. The Bertz CT molecular complexity index is 800. The van der Waals surface area contributed by atoms with Crippen LogP contribution >= 0.6 is 0 Å². The molecule has 1 saturated heterocycles. The first-order valence-electron chi connectivity index (χ1n) is 9.41. The molecule has 5 nitrogen and oxygen atoms in total. The zero-order valence-corrected chi connectivity index (χ0v) is 15.1. The van der Waals surface area contributed by atoms with Gasteiger partial charge in [0.1, 0.15) is 5.82 Å². The fraction of sp³-hybridized carbons (Fsp3) is 0.500. The fourth-order valence-corrected chi connectivity index (χ4v) is 3.90. The predicted octanol–water partition coefficient (Wildman–Crippen LogP) is 3.14. The number of morpholine rings is 1. The van der Waals surface area contributed by atoms with Crippen molar-refractivity contribution in [3.05, 3.63) is 47.0 Å². The number of hydrogen-bond donors (Lipinski definition) is 0. The van der Waals surface area contributed by atoms with E-state index in [0.717, 1.165) is 49.0 Å². The number of carbonyl (C=O) groups excluding carboxylic acids is 1. The number of rotatable bonds is 2. The monoisotopic (exact) mass is 357 g/mol. The summed E-state index contributed by atoms with van der Waals surface area (Å²) in [6.07, 6.45) is 5.12. The molecule has 0 saturated carbocycles. The molecular formula is C20H24FN3O2. The Morgan fingerprint density at radius 3 is 2.73 bits per heavy atom. The van der Waals surface area contributed by atoms with Crippen molar-refractivity contribution in [2.75, 3.05) is 19.7 Å². The Kier molecular flexibility index (Phi) is 4.76. The molecule has 0 radical (unpaired) electrons. The number of aromatic nitrogens is 2. The maximum absolute atomic E-state index is 13.3. The first-order chi connectivity index (χ1) is 12.6. The molecule has 1 amide bonds. The molecule has 2 aliphatic rings. The van der Waals surface area contributed by atoms with Crippen molar-refractivity contribution < 1.29 is 13.9 Å². The molecule has 0 bridgehead atoms. The summed E-state index contributed by atoms with van der Waals surface area (Å²) in [6, 6.07) is 6.31. The van der Waals surface area contributed by atoms with Gasteiger partial charge in [-0.2, -0.15) is 5.10 Å². The van der Waals surface area contributed by atoms with Crippen molar-refractivity contribution in [3.8, 4) is 5.69 Å². The van der Waals surface area contributed by atoms with E-state index in [0.29, 0.717) is 25.4 Å². The van der Waals surface area contributed by atoms with Crippen molar-refractivity contribution in [1.29, 1.82) is 0 Å². The van der Waals surface area contributed by atoms with Gasteiger partial charge in [-0.3, -0.25) is 4.79 Å².